The maximum absolute atomic E-state index is 13.5. The van der Waals surface area contributed by atoms with Crippen molar-refractivity contribution >= 4 is 35.0 Å². The van der Waals surface area contributed by atoms with E-state index in [0.29, 0.717) is 6.42 Å². The van der Waals surface area contributed by atoms with Gasteiger partial charge >= 0.3 is 0 Å². The Morgan fingerprint density at radius 1 is 1.14 bits per heavy atom. The summed E-state index contributed by atoms with van der Waals surface area (Å²) in [5.74, 6) is -1.54. The van der Waals surface area contributed by atoms with E-state index < -0.39 is 23.9 Å². The second-order valence-corrected chi connectivity index (χ2v) is 10.7. The van der Waals surface area contributed by atoms with Crippen molar-refractivity contribution < 1.29 is 19.2 Å². The first-order valence-electron chi connectivity index (χ1n) is 12.7. The smallest absolute Gasteiger partial charge is 0.274 e. The number of aryl methyl sites for hydroxylation is 1. The number of hydrogen-bond donors (Lipinski definition) is 4. The normalized spacial score (nSPS) is 21.2. The Balaban J connectivity index is 1.50. The number of nitrogens with two attached hydrogens (primary N) is 1. The van der Waals surface area contributed by atoms with E-state index in [1.165, 1.54) is 16.2 Å². The standard InChI is InChI=1S/C26H34N6O4S/c1-16-29-21(15-37-16)26(36)32-12-9-19(30-24(34)18-7-10-28-11-8-18)14-22(32)25(35)31-20(23(27)33)13-17-5-3-2-4-6-17/h2-6,15,18-20,22,28H,7-14H2,1H3,(H2,27,33)(H,30,34)(H,31,35)/t19-,20+,22-/m0/s1. The molecule has 0 aliphatic carbocycles. The van der Waals surface area contributed by atoms with Gasteiger partial charge in [-0.15, -0.1) is 11.3 Å². The van der Waals surface area contributed by atoms with Crippen LogP contribution in [-0.2, 0) is 20.8 Å². The van der Waals surface area contributed by atoms with Crippen molar-refractivity contribution in [2.75, 3.05) is 19.6 Å². The molecule has 3 heterocycles. The minimum Gasteiger partial charge on any atom is -0.368 e. The first-order chi connectivity index (χ1) is 17.8. The fourth-order valence-corrected chi connectivity index (χ4v) is 5.53. The van der Waals surface area contributed by atoms with Crippen molar-refractivity contribution in [1.29, 1.82) is 0 Å². The average Bonchev–Trinajstić information content (AvgIpc) is 3.35. The highest BCUT2D eigenvalue weighted by Gasteiger charge is 2.39. The van der Waals surface area contributed by atoms with Crippen LogP contribution in [0, 0.1) is 12.8 Å². The summed E-state index contributed by atoms with van der Waals surface area (Å²) in [6.45, 7) is 3.71. The van der Waals surface area contributed by atoms with E-state index in [0.717, 1.165) is 36.5 Å². The Bertz CT molecular complexity index is 1120. The topological polar surface area (TPSA) is 147 Å². The Hall–Kier alpha value is -3.31. The van der Waals surface area contributed by atoms with Gasteiger partial charge in [-0.2, -0.15) is 0 Å². The minimum absolute atomic E-state index is 0.0142. The molecule has 1 aromatic carbocycles. The Morgan fingerprint density at radius 3 is 2.51 bits per heavy atom. The Kier molecular flexibility index (Phi) is 8.88. The summed E-state index contributed by atoms with van der Waals surface area (Å²) in [6, 6.07) is 7.21. The third-order valence-corrected chi connectivity index (χ3v) is 7.78. The summed E-state index contributed by atoms with van der Waals surface area (Å²) in [5, 5.41) is 11.6. The third kappa shape index (κ3) is 6.92. The molecule has 0 radical (unpaired) electrons. The van der Waals surface area contributed by atoms with Gasteiger partial charge in [0.25, 0.3) is 5.91 Å². The van der Waals surface area contributed by atoms with Gasteiger partial charge in [0.15, 0.2) is 0 Å². The van der Waals surface area contributed by atoms with Crippen molar-refractivity contribution in [3.8, 4) is 0 Å². The maximum atomic E-state index is 13.5. The first kappa shape index (κ1) is 26.7. The second kappa shape index (κ2) is 12.3. The van der Waals surface area contributed by atoms with E-state index in [4.69, 9.17) is 5.73 Å². The van der Waals surface area contributed by atoms with Crippen LogP contribution in [0.2, 0.25) is 0 Å². The minimum atomic E-state index is -0.932. The number of thiazole rings is 1. The van der Waals surface area contributed by atoms with Gasteiger partial charge in [-0.25, -0.2) is 4.98 Å². The number of benzene rings is 1. The predicted molar refractivity (Wildman–Crippen MR) is 140 cm³/mol. The van der Waals surface area contributed by atoms with Gasteiger partial charge in [0.2, 0.25) is 17.7 Å². The number of nitrogens with one attached hydrogen (secondary N) is 3. The molecule has 0 unspecified atom stereocenters. The van der Waals surface area contributed by atoms with Crippen molar-refractivity contribution in [3.63, 3.8) is 0 Å². The van der Waals surface area contributed by atoms with Crippen molar-refractivity contribution in [2.45, 2.75) is 57.2 Å². The number of aromatic nitrogens is 1. The predicted octanol–water partition coefficient (Wildman–Crippen LogP) is 0.753. The largest absolute Gasteiger partial charge is 0.368 e. The summed E-state index contributed by atoms with van der Waals surface area (Å²) in [5.41, 5.74) is 6.76. The van der Waals surface area contributed by atoms with Gasteiger partial charge < -0.3 is 26.6 Å². The molecule has 37 heavy (non-hydrogen) atoms. The molecule has 11 heteroatoms. The highest BCUT2D eigenvalue weighted by molar-refractivity contribution is 7.09. The molecule has 2 aliphatic rings. The summed E-state index contributed by atoms with van der Waals surface area (Å²) in [7, 11) is 0. The summed E-state index contributed by atoms with van der Waals surface area (Å²) in [4.78, 5) is 57.7. The van der Waals surface area contributed by atoms with Gasteiger partial charge in [0.05, 0.1) is 5.01 Å². The lowest BCUT2D eigenvalue weighted by atomic mass is 9.92. The number of hydrogen-bond acceptors (Lipinski definition) is 7. The molecule has 2 aromatic rings. The summed E-state index contributed by atoms with van der Waals surface area (Å²) in [6.07, 6.45) is 2.56. The van der Waals surface area contributed by atoms with Gasteiger partial charge in [-0.05, 0) is 51.3 Å². The fourth-order valence-electron chi connectivity index (χ4n) is 4.94. The number of amides is 4. The number of piperidine rings is 2. The van der Waals surface area contributed by atoms with Crippen molar-refractivity contribution in [1.82, 2.24) is 25.8 Å². The lowest BCUT2D eigenvalue weighted by Gasteiger charge is -2.39. The molecule has 4 rings (SSSR count). The molecule has 2 fully saturated rings. The van der Waals surface area contributed by atoms with Crippen molar-refractivity contribution in [2.24, 2.45) is 11.7 Å². The van der Waals surface area contributed by atoms with E-state index in [2.05, 4.69) is 20.9 Å². The van der Waals surface area contributed by atoms with Crippen LogP contribution in [-0.4, -0.2) is 71.3 Å². The number of primary amides is 1. The monoisotopic (exact) mass is 526 g/mol. The molecule has 1 aromatic heterocycles. The molecule has 2 aliphatic heterocycles. The van der Waals surface area contributed by atoms with Gasteiger partial charge in [-0.1, -0.05) is 30.3 Å². The maximum Gasteiger partial charge on any atom is 0.274 e. The van der Waals surface area contributed by atoms with Crippen LogP contribution in [0.1, 0.15) is 46.7 Å². The quantitative estimate of drug-likeness (QED) is 0.399. The lowest BCUT2D eigenvalue weighted by molar-refractivity contribution is -0.132. The molecule has 0 spiro atoms. The van der Waals surface area contributed by atoms with Crippen LogP contribution >= 0.6 is 11.3 Å². The van der Waals surface area contributed by atoms with Crippen LogP contribution in [0.4, 0.5) is 0 Å². The van der Waals surface area contributed by atoms with Crippen LogP contribution in [0.5, 0.6) is 0 Å². The number of carbonyl (C=O) groups excluding carboxylic acids is 4. The van der Waals surface area contributed by atoms with Crippen molar-refractivity contribution in [3.05, 3.63) is 52.0 Å². The van der Waals surface area contributed by atoms with E-state index in [9.17, 15) is 19.2 Å². The van der Waals surface area contributed by atoms with Gasteiger partial charge in [0, 0.05) is 30.3 Å². The first-order valence-corrected chi connectivity index (χ1v) is 13.6. The molecular weight excluding hydrogens is 492 g/mol. The molecule has 198 valence electrons. The molecule has 5 N–H and O–H groups in total. The van der Waals surface area contributed by atoms with E-state index in [1.807, 2.05) is 37.3 Å². The van der Waals surface area contributed by atoms with Crippen LogP contribution in [0.25, 0.3) is 0 Å². The fraction of sp³-hybridized carbons (Fsp3) is 0.500. The Morgan fingerprint density at radius 2 is 1.86 bits per heavy atom. The zero-order chi connectivity index (χ0) is 26.4. The number of likely N-dealkylation sites (tertiary alicyclic amines) is 1. The highest BCUT2D eigenvalue weighted by atomic mass is 32.1. The van der Waals surface area contributed by atoms with Gasteiger partial charge in [-0.3, -0.25) is 19.2 Å². The SMILES string of the molecule is Cc1nc(C(=O)N2CC[C@H](NC(=O)C3CCNCC3)C[C@H]2C(=O)N[C@H](Cc2ccccc2)C(N)=O)cs1. The van der Waals surface area contributed by atoms with E-state index in [-0.39, 0.29) is 48.9 Å². The Labute approximate surface area is 220 Å². The third-order valence-electron chi connectivity index (χ3n) is 7.00. The number of carbonyl (C=O) groups is 4. The summed E-state index contributed by atoms with van der Waals surface area (Å²) < 4.78 is 0. The van der Waals surface area contributed by atoms with E-state index >= 15 is 0 Å². The number of rotatable bonds is 8. The molecule has 0 saturated carbocycles. The van der Waals surface area contributed by atoms with E-state index in [1.54, 1.807) is 5.38 Å². The summed E-state index contributed by atoms with van der Waals surface area (Å²) >= 11 is 1.36. The molecule has 2 saturated heterocycles. The molecule has 0 bridgehead atoms. The molecule has 10 nitrogen and oxygen atoms in total. The molecule has 3 atom stereocenters. The second-order valence-electron chi connectivity index (χ2n) is 9.67. The number of nitrogens with zero attached hydrogens (tertiary/aromatic N) is 2. The molecule has 4 amide bonds. The van der Waals surface area contributed by atoms with Crippen LogP contribution < -0.4 is 21.7 Å². The van der Waals surface area contributed by atoms with Crippen LogP contribution in [0.15, 0.2) is 35.7 Å². The highest BCUT2D eigenvalue weighted by Crippen LogP contribution is 2.23. The van der Waals surface area contributed by atoms with Gasteiger partial charge in [0.1, 0.15) is 17.8 Å². The van der Waals surface area contributed by atoms with Crippen LogP contribution in [0.3, 0.4) is 0 Å². The zero-order valence-electron chi connectivity index (χ0n) is 20.9. The average molecular weight is 527 g/mol. The molecular formula is C26H34N6O4S. The zero-order valence-corrected chi connectivity index (χ0v) is 21.8. The lowest BCUT2D eigenvalue weighted by Crippen LogP contribution is -2.60.